The van der Waals surface area contributed by atoms with Gasteiger partial charge in [-0.15, -0.1) is 0 Å². The molecule has 0 fully saturated rings. The summed E-state index contributed by atoms with van der Waals surface area (Å²) in [5.74, 6) is -0.219. The number of halogens is 1. The molecule has 0 saturated heterocycles. The minimum Gasteiger partial charge on any atom is -0.426 e. The Balaban J connectivity index is 3.16. The molecule has 1 aromatic carbocycles. The number of benzene rings is 1. The molecular formula is C11H11BrO3. The van der Waals surface area contributed by atoms with Gasteiger partial charge in [0.1, 0.15) is 5.75 Å². The normalized spacial score (nSPS) is 9.80. The van der Waals surface area contributed by atoms with Crippen molar-refractivity contribution in [2.24, 2.45) is 0 Å². The van der Waals surface area contributed by atoms with Crippen molar-refractivity contribution in [1.29, 1.82) is 0 Å². The number of esters is 1. The van der Waals surface area contributed by atoms with Crippen LogP contribution in [0.4, 0.5) is 0 Å². The Bertz CT molecular complexity index is 399. The van der Waals surface area contributed by atoms with Crippen LogP contribution in [0, 0.1) is 0 Å². The van der Waals surface area contributed by atoms with E-state index in [-0.39, 0.29) is 5.78 Å². The lowest BCUT2D eigenvalue weighted by molar-refractivity contribution is -0.131. The standard InChI is InChI=1S/C11H11BrO3/c1-7(13)10-4-3-9(6-12)5-11(10)15-8(2)14/h3-5H,6H2,1-2H3. The van der Waals surface area contributed by atoms with E-state index in [1.165, 1.54) is 13.8 Å². The summed E-state index contributed by atoms with van der Waals surface area (Å²) in [5.41, 5.74) is 1.38. The van der Waals surface area contributed by atoms with Crippen LogP contribution in [-0.2, 0) is 10.1 Å². The van der Waals surface area contributed by atoms with Crippen molar-refractivity contribution in [2.45, 2.75) is 19.2 Å². The molecule has 0 heterocycles. The average molecular weight is 271 g/mol. The lowest BCUT2D eigenvalue weighted by Gasteiger charge is -2.07. The van der Waals surface area contributed by atoms with Crippen LogP contribution in [-0.4, -0.2) is 11.8 Å². The van der Waals surface area contributed by atoms with E-state index in [0.717, 1.165) is 5.56 Å². The second-order valence-electron chi connectivity index (χ2n) is 3.11. The first-order chi connectivity index (χ1) is 7.04. The van der Waals surface area contributed by atoms with Crippen LogP contribution in [0.1, 0.15) is 29.8 Å². The van der Waals surface area contributed by atoms with Crippen molar-refractivity contribution in [3.05, 3.63) is 29.3 Å². The summed E-state index contributed by atoms with van der Waals surface area (Å²) in [6.45, 7) is 2.75. The Hall–Kier alpha value is -1.16. The summed E-state index contributed by atoms with van der Waals surface area (Å²) in [5, 5.41) is 0.652. The predicted octanol–water partition coefficient (Wildman–Crippen LogP) is 2.71. The second kappa shape index (κ2) is 5.07. The number of rotatable bonds is 3. The zero-order valence-electron chi connectivity index (χ0n) is 8.54. The summed E-state index contributed by atoms with van der Waals surface area (Å²) in [6.07, 6.45) is 0. The fraction of sp³-hybridized carbons (Fsp3) is 0.273. The number of alkyl halides is 1. The molecule has 0 aliphatic rings. The highest BCUT2D eigenvalue weighted by atomic mass is 79.9. The van der Waals surface area contributed by atoms with E-state index in [2.05, 4.69) is 15.9 Å². The van der Waals surface area contributed by atoms with Gasteiger partial charge in [-0.2, -0.15) is 0 Å². The molecule has 1 rings (SSSR count). The van der Waals surface area contributed by atoms with Gasteiger partial charge in [0.2, 0.25) is 0 Å². The van der Waals surface area contributed by atoms with E-state index >= 15 is 0 Å². The zero-order valence-corrected chi connectivity index (χ0v) is 10.1. The Labute approximate surface area is 96.6 Å². The van der Waals surface area contributed by atoms with Crippen molar-refractivity contribution in [1.82, 2.24) is 0 Å². The van der Waals surface area contributed by atoms with E-state index in [1.807, 2.05) is 6.07 Å². The average Bonchev–Trinajstić information content (AvgIpc) is 2.16. The summed E-state index contributed by atoms with van der Waals surface area (Å²) < 4.78 is 4.97. The molecule has 0 radical (unpaired) electrons. The molecule has 0 bridgehead atoms. The first kappa shape index (κ1) is 11.9. The quantitative estimate of drug-likeness (QED) is 0.367. The topological polar surface area (TPSA) is 43.4 Å². The van der Waals surface area contributed by atoms with Crippen molar-refractivity contribution in [2.75, 3.05) is 0 Å². The molecule has 15 heavy (non-hydrogen) atoms. The predicted molar refractivity (Wildman–Crippen MR) is 60.4 cm³/mol. The van der Waals surface area contributed by atoms with Crippen molar-refractivity contribution < 1.29 is 14.3 Å². The fourth-order valence-electron chi connectivity index (χ4n) is 1.18. The molecule has 0 unspecified atom stereocenters. The number of ether oxygens (including phenoxy) is 1. The Morgan fingerprint density at radius 2 is 2.00 bits per heavy atom. The molecule has 1 aromatic rings. The fourth-order valence-corrected chi connectivity index (χ4v) is 1.53. The number of carbonyl (C=O) groups excluding carboxylic acids is 2. The highest BCUT2D eigenvalue weighted by Crippen LogP contribution is 2.22. The molecule has 0 saturated carbocycles. The van der Waals surface area contributed by atoms with Crippen molar-refractivity contribution in [3.63, 3.8) is 0 Å². The number of hydrogen-bond donors (Lipinski definition) is 0. The lowest BCUT2D eigenvalue weighted by Crippen LogP contribution is -2.06. The molecule has 0 amide bonds. The smallest absolute Gasteiger partial charge is 0.308 e. The van der Waals surface area contributed by atoms with Crippen LogP contribution in [0.25, 0.3) is 0 Å². The van der Waals surface area contributed by atoms with Gasteiger partial charge in [-0.05, 0) is 24.6 Å². The van der Waals surface area contributed by atoms with E-state index in [1.54, 1.807) is 12.1 Å². The first-order valence-electron chi connectivity index (χ1n) is 4.43. The van der Waals surface area contributed by atoms with E-state index in [0.29, 0.717) is 16.6 Å². The maximum Gasteiger partial charge on any atom is 0.308 e. The van der Waals surface area contributed by atoms with E-state index in [9.17, 15) is 9.59 Å². The third-order valence-electron chi connectivity index (χ3n) is 1.83. The third kappa shape index (κ3) is 3.16. The molecule has 80 valence electrons. The van der Waals surface area contributed by atoms with Crippen LogP contribution in [0.15, 0.2) is 18.2 Å². The molecule has 3 nitrogen and oxygen atoms in total. The van der Waals surface area contributed by atoms with Gasteiger partial charge in [0, 0.05) is 12.3 Å². The largest absolute Gasteiger partial charge is 0.426 e. The van der Waals surface area contributed by atoms with Crippen molar-refractivity contribution >= 4 is 27.7 Å². The monoisotopic (exact) mass is 270 g/mol. The Morgan fingerprint density at radius 3 is 2.47 bits per heavy atom. The minimum atomic E-state index is -0.427. The number of hydrogen-bond acceptors (Lipinski definition) is 3. The molecular weight excluding hydrogens is 260 g/mol. The van der Waals surface area contributed by atoms with Crippen LogP contribution in [0.2, 0.25) is 0 Å². The summed E-state index contributed by atoms with van der Waals surface area (Å²) in [4.78, 5) is 22.1. The maximum absolute atomic E-state index is 11.2. The lowest BCUT2D eigenvalue weighted by atomic mass is 10.1. The third-order valence-corrected chi connectivity index (χ3v) is 2.48. The Morgan fingerprint density at radius 1 is 1.33 bits per heavy atom. The van der Waals surface area contributed by atoms with Gasteiger partial charge < -0.3 is 4.74 Å². The molecule has 0 atom stereocenters. The van der Waals surface area contributed by atoms with E-state index in [4.69, 9.17) is 4.74 Å². The highest BCUT2D eigenvalue weighted by Gasteiger charge is 2.10. The molecule has 0 aromatic heterocycles. The molecule has 0 aliphatic heterocycles. The molecule has 4 heteroatoms. The van der Waals surface area contributed by atoms with Crippen LogP contribution < -0.4 is 4.74 Å². The van der Waals surface area contributed by atoms with Crippen molar-refractivity contribution in [3.8, 4) is 5.75 Å². The van der Waals surface area contributed by atoms with Crippen LogP contribution in [0.3, 0.4) is 0 Å². The van der Waals surface area contributed by atoms with Crippen LogP contribution in [0.5, 0.6) is 5.75 Å². The summed E-state index contributed by atoms with van der Waals surface area (Å²) in [6, 6.07) is 5.17. The summed E-state index contributed by atoms with van der Waals surface area (Å²) >= 11 is 3.29. The molecule has 0 spiro atoms. The Kier molecular flexibility index (Phi) is 4.03. The molecule has 0 N–H and O–H groups in total. The number of ketones is 1. The zero-order chi connectivity index (χ0) is 11.4. The van der Waals surface area contributed by atoms with Gasteiger partial charge in [0.25, 0.3) is 0 Å². The van der Waals surface area contributed by atoms with E-state index < -0.39 is 5.97 Å². The van der Waals surface area contributed by atoms with Gasteiger partial charge in [0.05, 0.1) is 5.56 Å². The summed E-state index contributed by atoms with van der Waals surface area (Å²) in [7, 11) is 0. The SMILES string of the molecule is CC(=O)Oc1cc(CBr)ccc1C(C)=O. The second-order valence-corrected chi connectivity index (χ2v) is 3.67. The van der Waals surface area contributed by atoms with Gasteiger partial charge in [-0.1, -0.05) is 22.0 Å². The number of carbonyl (C=O) groups is 2. The highest BCUT2D eigenvalue weighted by molar-refractivity contribution is 9.08. The minimum absolute atomic E-state index is 0.118. The van der Waals surface area contributed by atoms with Gasteiger partial charge >= 0.3 is 5.97 Å². The van der Waals surface area contributed by atoms with Gasteiger partial charge in [0.15, 0.2) is 5.78 Å². The first-order valence-corrected chi connectivity index (χ1v) is 5.55. The maximum atomic E-state index is 11.2. The molecule has 0 aliphatic carbocycles. The van der Waals surface area contributed by atoms with Gasteiger partial charge in [-0.25, -0.2) is 0 Å². The van der Waals surface area contributed by atoms with Crippen LogP contribution >= 0.6 is 15.9 Å². The van der Waals surface area contributed by atoms with Gasteiger partial charge in [-0.3, -0.25) is 9.59 Å². The number of Topliss-reactive ketones (excluding diaryl/α,β-unsaturated/α-hetero) is 1.